The first-order valence-electron chi connectivity index (χ1n) is 27.0. The van der Waals surface area contributed by atoms with Crippen molar-refractivity contribution in [2.45, 2.75) is 192 Å². The largest absolute Gasteiger partial charge is 0.480 e. The summed E-state index contributed by atoms with van der Waals surface area (Å²) in [5.41, 5.74) is 39.3. The molecule has 11 atom stereocenters. The number of aliphatic imine (C=N–C) groups is 2. The standard InChI is InChI=1S/C49H92N18O12/c1-25(2)35(44(75)65-36(26(3)4)47(78)79)64-42(73)33(18-13-23-58-49(55)56)62-41(72)32(17-12-22-57-48(53)54)61-40(71)31(16-9-11-21-51)60-38(69)28(6)59-39(70)30(15-8-10-20-50)63-45(76)37(29(7)68)66-43(74)34-19-14-24-67(34)46(77)27(5)52/h25-37,68H,8-24,50-52H2,1-7H3,(H,59,70)(H,60,69)(H,61,71)(H,62,72)(H,63,76)(H,64,73)(H,65,75)(H,66,74)(H,78,79)(H4,53,54,57)(H4,55,56,58)/t27-,28-,29+,30-,31-,32-,33-,34-,35-,36-,37-/m0/s1. The van der Waals surface area contributed by atoms with Crippen molar-refractivity contribution in [2.75, 3.05) is 32.7 Å². The average molecular weight is 1130 g/mol. The second kappa shape index (κ2) is 36.3. The highest BCUT2D eigenvalue weighted by Crippen LogP contribution is 2.19. The van der Waals surface area contributed by atoms with Crippen molar-refractivity contribution in [2.24, 2.45) is 62.0 Å². The van der Waals surface area contributed by atoms with E-state index in [0.717, 1.165) is 0 Å². The molecule has 0 aromatic carbocycles. The Morgan fingerprint density at radius 3 is 1.32 bits per heavy atom. The number of hydrogen-bond acceptors (Lipinski definition) is 16. The molecular formula is C49H92N18O12. The van der Waals surface area contributed by atoms with Gasteiger partial charge in [0.2, 0.25) is 53.2 Å². The number of aliphatic hydroxyl groups excluding tert-OH is 1. The highest BCUT2D eigenvalue weighted by atomic mass is 16.4. The maximum Gasteiger partial charge on any atom is 0.326 e. The third-order valence-corrected chi connectivity index (χ3v) is 12.8. The van der Waals surface area contributed by atoms with Crippen LogP contribution in [-0.4, -0.2) is 185 Å². The highest BCUT2D eigenvalue weighted by molar-refractivity contribution is 5.98. The maximum absolute atomic E-state index is 14.3. The van der Waals surface area contributed by atoms with Crippen LogP contribution in [0, 0.1) is 11.8 Å². The van der Waals surface area contributed by atoms with Gasteiger partial charge < -0.3 is 97.8 Å². The molecule has 79 heavy (non-hydrogen) atoms. The number of aliphatic hydroxyl groups is 1. The Hall–Kier alpha value is -6.92. The van der Waals surface area contributed by atoms with E-state index >= 15 is 0 Å². The van der Waals surface area contributed by atoms with Gasteiger partial charge in [-0.05, 0) is 123 Å². The molecule has 1 aliphatic rings. The molecule has 0 saturated carbocycles. The Morgan fingerprint density at radius 1 is 0.519 bits per heavy atom. The van der Waals surface area contributed by atoms with Gasteiger partial charge in [0.25, 0.3) is 0 Å². The Bertz CT molecular complexity index is 2080. The van der Waals surface area contributed by atoms with E-state index in [1.54, 1.807) is 27.7 Å². The van der Waals surface area contributed by atoms with Gasteiger partial charge in [0.1, 0.15) is 54.4 Å². The molecule has 30 nitrogen and oxygen atoms in total. The zero-order valence-corrected chi connectivity index (χ0v) is 46.9. The number of nitrogens with one attached hydrogen (secondary N) is 8. The second-order valence-corrected chi connectivity index (χ2v) is 20.4. The fraction of sp³-hybridized carbons (Fsp3) is 0.755. The molecule has 1 heterocycles. The number of nitrogens with zero attached hydrogens (tertiary/aromatic N) is 3. The van der Waals surface area contributed by atoms with Crippen molar-refractivity contribution in [3.8, 4) is 0 Å². The SMILES string of the molecule is CC(C)[C@H](NC(=O)[C@@H](NC(=O)[C@H](CCCN=C(N)N)NC(=O)[C@H](CCCN=C(N)N)NC(=O)[C@H](CCCCN)NC(=O)[C@H](C)NC(=O)[C@H](CCCCN)NC(=O)[C@@H](NC(=O)[C@@H]1CCCN1C(=O)[C@H](C)N)[C@@H](C)O)C(C)C)C(=O)O. The number of nitrogens with two attached hydrogens (primary N) is 7. The molecule has 0 unspecified atom stereocenters. The predicted molar refractivity (Wildman–Crippen MR) is 294 cm³/mol. The van der Waals surface area contributed by atoms with E-state index < -0.39 is 137 Å². The van der Waals surface area contributed by atoms with E-state index in [-0.39, 0.29) is 83.2 Å². The minimum atomic E-state index is -1.56. The van der Waals surface area contributed by atoms with Gasteiger partial charge in [0.15, 0.2) is 11.9 Å². The van der Waals surface area contributed by atoms with E-state index in [0.29, 0.717) is 38.5 Å². The number of likely N-dealkylation sites (tertiary alicyclic amines) is 1. The quantitative estimate of drug-likeness (QED) is 0.0157. The first-order chi connectivity index (χ1) is 37.1. The van der Waals surface area contributed by atoms with Crippen molar-refractivity contribution in [1.29, 1.82) is 0 Å². The summed E-state index contributed by atoms with van der Waals surface area (Å²) in [6.45, 7) is 11.4. The van der Waals surface area contributed by atoms with Gasteiger partial charge >= 0.3 is 5.97 Å². The fourth-order valence-electron chi connectivity index (χ4n) is 8.32. The number of amides is 9. The molecule has 0 aliphatic carbocycles. The average Bonchev–Trinajstić information content (AvgIpc) is 3.87. The summed E-state index contributed by atoms with van der Waals surface area (Å²) in [7, 11) is 0. The van der Waals surface area contributed by atoms with Crippen molar-refractivity contribution in [1.82, 2.24) is 47.4 Å². The molecule has 1 fully saturated rings. The number of carbonyl (C=O) groups excluding carboxylic acids is 9. The van der Waals surface area contributed by atoms with Crippen molar-refractivity contribution in [3.05, 3.63) is 0 Å². The third kappa shape index (κ3) is 25.6. The Labute approximate surface area is 462 Å². The van der Waals surface area contributed by atoms with Crippen LogP contribution >= 0.6 is 0 Å². The van der Waals surface area contributed by atoms with Crippen LogP contribution in [0.3, 0.4) is 0 Å². The molecular weight excluding hydrogens is 1030 g/mol. The molecule has 1 aliphatic heterocycles. The van der Waals surface area contributed by atoms with Crippen LogP contribution in [0.25, 0.3) is 0 Å². The van der Waals surface area contributed by atoms with Crippen molar-refractivity contribution < 1.29 is 58.2 Å². The van der Waals surface area contributed by atoms with Crippen LogP contribution in [0.4, 0.5) is 0 Å². The summed E-state index contributed by atoms with van der Waals surface area (Å²) in [5.74, 6) is -9.86. The monoisotopic (exact) mass is 1120 g/mol. The van der Waals surface area contributed by atoms with Gasteiger partial charge in [-0.1, -0.05) is 27.7 Å². The number of carboxylic acid groups (broad SMARTS) is 1. The number of carboxylic acids is 1. The Morgan fingerprint density at radius 2 is 0.911 bits per heavy atom. The van der Waals surface area contributed by atoms with Crippen LogP contribution in [0.15, 0.2) is 9.98 Å². The van der Waals surface area contributed by atoms with Crippen LogP contribution < -0.4 is 82.7 Å². The summed E-state index contributed by atoms with van der Waals surface area (Å²) < 4.78 is 0. The molecule has 30 heteroatoms. The van der Waals surface area contributed by atoms with Crippen LogP contribution in [0.1, 0.15) is 126 Å². The van der Waals surface area contributed by atoms with E-state index in [2.05, 4.69) is 52.5 Å². The molecule has 0 aromatic rings. The number of carbonyl (C=O) groups is 10. The van der Waals surface area contributed by atoms with Gasteiger partial charge in [0, 0.05) is 19.6 Å². The molecule has 1 rings (SSSR count). The molecule has 0 bridgehead atoms. The number of rotatable bonds is 37. The Kier molecular flexibility index (Phi) is 32.2. The lowest BCUT2D eigenvalue weighted by Crippen LogP contribution is -2.61. The Balaban J connectivity index is 3.49. The zero-order chi connectivity index (χ0) is 60.1. The lowest BCUT2D eigenvalue weighted by molar-refractivity contribution is -0.144. The smallest absolute Gasteiger partial charge is 0.326 e. The summed E-state index contributed by atoms with van der Waals surface area (Å²) in [6, 6.07) is -12.6. The number of hydrogen-bond donors (Lipinski definition) is 17. The van der Waals surface area contributed by atoms with Crippen LogP contribution in [0.2, 0.25) is 0 Å². The lowest BCUT2D eigenvalue weighted by atomic mass is 9.99. The number of unbranched alkanes of at least 4 members (excludes halogenated alkanes) is 2. The normalized spacial score (nSPS) is 16.9. The van der Waals surface area contributed by atoms with E-state index in [9.17, 15) is 58.2 Å². The minimum Gasteiger partial charge on any atom is -0.480 e. The second-order valence-electron chi connectivity index (χ2n) is 20.4. The molecule has 24 N–H and O–H groups in total. The number of guanidine groups is 2. The summed E-state index contributed by atoms with van der Waals surface area (Å²) in [5, 5.41) is 41.0. The minimum absolute atomic E-state index is 0.00799. The fourth-order valence-corrected chi connectivity index (χ4v) is 8.32. The summed E-state index contributed by atoms with van der Waals surface area (Å²) in [4.78, 5) is 145. The summed E-state index contributed by atoms with van der Waals surface area (Å²) in [6.07, 6.45) is 1.02. The van der Waals surface area contributed by atoms with E-state index in [4.69, 9.17) is 40.1 Å². The lowest BCUT2D eigenvalue weighted by Gasteiger charge is -2.29. The van der Waals surface area contributed by atoms with Crippen LogP contribution in [-0.2, 0) is 47.9 Å². The van der Waals surface area contributed by atoms with Gasteiger partial charge in [-0.2, -0.15) is 0 Å². The van der Waals surface area contributed by atoms with Gasteiger partial charge in [-0.3, -0.25) is 53.1 Å². The first-order valence-corrected chi connectivity index (χ1v) is 27.0. The highest BCUT2D eigenvalue weighted by Gasteiger charge is 2.39. The van der Waals surface area contributed by atoms with E-state index in [1.165, 1.54) is 25.7 Å². The maximum atomic E-state index is 14.3. The third-order valence-electron chi connectivity index (χ3n) is 12.8. The van der Waals surface area contributed by atoms with Crippen molar-refractivity contribution >= 4 is 71.1 Å². The number of aliphatic carboxylic acids is 1. The molecule has 0 aromatic heterocycles. The molecule has 0 spiro atoms. The van der Waals surface area contributed by atoms with Crippen LogP contribution in [0.5, 0.6) is 0 Å². The molecule has 450 valence electrons. The topological polar surface area (TPSA) is 517 Å². The summed E-state index contributed by atoms with van der Waals surface area (Å²) >= 11 is 0. The molecule has 1 saturated heterocycles. The van der Waals surface area contributed by atoms with Gasteiger partial charge in [-0.15, -0.1) is 0 Å². The van der Waals surface area contributed by atoms with Crippen molar-refractivity contribution in [3.63, 3.8) is 0 Å². The zero-order valence-electron chi connectivity index (χ0n) is 46.9. The van der Waals surface area contributed by atoms with Gasteiger partial charge in [-0.25, -0.2) is 4.79 Å². The molecule has 9 amide bonds. The van der Waals surface area contributed by atoms with E-state index in [1.807, 2.05) is 0 Å². The molecule has 0 radical (unpaired) electrons. The predicted octanol–water partition coefficient (Wildman–Crippen LogP) is -5.63. The van der Waals surface area contributed by atoms with Gasteiger partial charge in [0.05, 0.1) is 12.1 Å². The first kappa shape index (κ1) is 70.1.